The standard InChI is InChI=1S/C28H34N2O5/c1-3-28(2,26(33)30-24-14-8-9-18(24)15-25(31)32)17-29-27(34)35-16-23-21-12-6-4-10-19(21)20-11-5-7-13-22(20)23/h4-7,10-13,18,23-24H,3,8-9,14-17H2,1-2H3,(H,29,34)(H,30,33)(H,31,32). The van der Waals surface area contributed by atoms with Crippen LogP contribution in [0.1, 0.15) is 63.0 Å². The molecular weight excluding hydrogens is 444 g/mol. The molecule has 2 amide bonds. The smallest absolute Gasteiger partial charge is 0.407 e. The molecule has 0 radical (unpaired) electrons. The van der Waals surface area contributed by atoms with E-state index in [1.807, 2.05) is 38.1 Å². The van der Waals surface area contributed by atoms with Gasteiger partial charge in [0, 0.05) is 18.5 Å². The van der Waals surface area contributed by atoms with E-state index in [0.29, 0.717) is 6.42 Å². The maximum atomic E-state index is 13.1. The molecule has 0 spiro atoms. The molecule has 35 heavy (non-hydrogen) atoms. The minimum absolute atomic E-state index is 0.0254. The number of fused-ring (bicyclic) bond motifs is 3. The number of aliphatic carboxylic acids is 1. The first-order valence-corrected chi connectivity index (χ1v) is 12.4. The van der Waals surface area contributed by atoms with E-state index < -0.39 is 17.5 Å². The van der Waals surface area contributed by atoms with E-state index in [-0.39, 0.29) is 43.4 Å². The van der Waals surface area contributed by atoms with Crippen LogP contribution in [0.5, 0.6) is 0 Å². The molecule has 7 nitrogen and oxygen atoms in total. The molecule has 7 heteroatoms. The van der Waals surface area contributed by atoms with Crippen molar-refractivity contribution in [3.8, 4) is 11.1 Å². The summed E-state index contributed by atoms with van der Waals surface area (Å²) in [5.41, 5.74) is 3.81. The number of carbonyl (C=O) groups is 3. The molecule has 2 aliphatic rings. The molecule has 1 fully saturated rings. The molecular formula is C28H34N2O5. The number of carboxylic acids is 1. The lowest BCUT2D eigenvalue weighted by atomic mass is 9.85. The number of carbonyl (C=O) groups excluding carboxylic acids is 2. The van der Waals surface area contributed by atoms with Gasteiger partial charge in [-0.3, -0.25) is 9.59 Å². The lowest BCUT2D eigenvalue weighted by Crippen LogP contribution is -2.50. The molecule has 186 valence electrons. The Labute approximate surface area is 206 Å². The quantitative estimate of drug-likeness (QED) is 0.485. The summed E-state index contributed by atoms with van der Waals surface area (Å²) >= 11 is 0. The molecule has 1 saturated carbocycles. The Morgan fingerprint density at radius 3 is 2.26 bits per heavy atom. The fourth-order valence-corrected chi connectivity index (χ4v) is 5.32. The summed E-state index contributed by atoms with van der Waals surface area (Å²) in [5, 5.41) is 15.0. The third kappa shape index (κ3) is 5.34. The number of nitrogens with one attached hydrogen (secondary N) is 2. The molecule has 0 heterocycles. The van der Waals surface area contributed by atoms with E-state index in [9.17, 15) is 14.4 Å². The Morgan fingerprint density at radius 1 is 1.03 bits per heavy atom. The van der Waals surface area contributed by atoms with Crippen LogP contribution in [0.15, 0.2) is 48.5 Å². The van der Waals surface area contributed by atoms with Crippen molar-refractivity contribution in [2.24, 2.45) is 11.3 Å². The Balaban J connectivity index is 1.33. The van der Waals surface area contributed by atoms with E-state index in [4.69, 9.17) is 9.84 Å². The molecule has 2 aromatic carbocycles. The topological polar surface area (TPSA) is 105 Å². The van der Waals surface area contributed by atoms with Crippen molar-refractivity contribution in [3.63, 3.8) is 0 Å². The predicted octanol–water partition coefficient (Wildman–Crippen LogP) is 4.70. The minimum Gasteiger partial charge on any atom is -0.481 e. The van der Waals surface area contributed by atoms with Gasteiger partial charge in [0.25, 0.3) is 0 Å². The number of benzene rings is 2. The molecule has 0 bridgehead atoms. The number of ether oxygens (including phenoxy) is 1. The van der Waals surface area contributed by atoms with Crippen molar-refractivity contribution in [2.75, 3.05) is 13.2 Å². The molecule has 3 atom stereocenters. The molecule has 2 aliphatic carbocycles. The second-order valence-electron chi connectivity index (χ2n) is 9.96. The van der Waals surface area contributed by atoms with Gasteiger partial charge in [0.15, 0.2) is 0 Å². The summed E-state index contributed by atoms with van der Waals surface area (Å²) in [6, 6.07) is 16.2. The maximum Gasteiger partial charge on any atom is 0.407 e. The van der Waals surface area contributed by atoms with E-state index >= 15 is 0 Å². The van der Waals surface area contributed by atoms with Crippen molar-refractivity contribution in [1.29, 1.82) is 0 Å². The summed E-state index contributed by atoms with van der Waals surface area (Å²) in [5.74, 6) is -1.08. The third-order valence-electron chi connectivity index (χ3n) is 7.71. The van der Waals surface area contributed by atoms with Crippen LogP contribution in [0.2, 0.25) is 0 Å². The van der Waals surface area contributed by atoms with Gasteiger partial charge in [0.05, 0.1) is 11.8 Å². The van der Waals surface area contributed by atoms with Gasteiger partial charge in [-0.1, -0.05) is 61.9 Å². The fraction of sp³-hybridized carbons (Fsp3) is 0.464. The highest BCUT2D eigenvalue weighted by atomic mass is 16.5. The number of hydrogen-bond donors (Lipinski definition) is 3. The molecule has 3 unspecified atom stereocenters. The second-order valence-corrected chi connectivity index (χ2v) is 9.96. The zero-order valence-corrected chi connectivity index (χ0v) is 20.4. The van der Waals surface area contributed by atoms with Crippen molar-refractivity contribution in [3.05, 3.63) is 59.7 Å². The fourth-order valence-electron chi connectivity index (χ4n) is 5.32. The first-order valence-electron chi connectivity index (χ1n) is 12.4. The first-order chi connectivity index (χ1) is 16.8. The van der Waals surface area contributed by atoms with Crippen LogP contribution < -0.4 is 10.6 Å². The van der Waals surface area contributed by atoms with Crippen molar-refractivity contribution >= 4 is 18.0 Å². The summed E-state index contributed by atoms with van der Waals surface area (Å²) in [6.07, 6.45) is 2.53. The molecule has 4 rings (SSSR count). The number of rotatable bonds is 9. The summed E-state index contributed by atoms with van der Waals surface area (Å²) < 4.78 is 5.61. The van der Waals surface area contributed by atoms with Crippen LogP contribution in [0.4, 0.5) is 4.79 Å². The molecule has 2 aromatic rings. The monoisotopic (exact) mass is 478 g/mol. The Hall–Kier alpha value is -3.35. The summed E-state index contributed by atoms with van der Waals surface area (Å²) in [7, 11) is 0. The highest BCUT2D eigenvalue weighted by Gasteiger charge is 2.37. The zero-order valence-electron chi connectivity index (χ0n) is 20.4. The molecule has 0 aromatic heterocycles. The summed E-state index contributed by atoms with van der Waals surface area (Å²) in [6.45, 7) is 4.08. The van der Waals surface area contributed by atoms with Gasteiger partial charge in [0.2, 0.25) is 5.91 Å². The van der Waals surface area contributed by atoms with Gasteiger partial charge in [0.1, 0.15) is 6.61 Å². The molecule has 0 saturated heterocycles. The van der Waals surface area contributed by atoms with Crippen LogP contribution in [-0.2, 0) is 14.3 Å². The average Bonchev–Trinajstić information content (AvgIpc) is 3.42. The van der Waals surface area contributed by atoms with Gasteiger partial charge in [-0.2, -0.15) is 0 Å². The Bertz CT molecular complexity index is 1050. The van der Waals surface area contributed by atoms with Gasteiger partial charge >= 0.3 is 12.1 Å². The van der Waals surface area contributed by atoms with Crippen molar-refractivity contribution < 1.29 is 24.2 Å². The normalized spacial score (nSPS) is 20.4. The second kappa shape index (κ2) is 10.5. The third-order valence-corrected chi connectivity index (χ3v) is 7.71. The zero-order chi connectivity index (χ0) is 25.0. The maximum absolute atomic E-state index is 13.1. The number of alkyl carbamates (subject to hydrolysis) is 1. The Morgan fingerprint density at radius 2 is 1.66 bits per heavy atom. The lowest BCUT2D eigenvalue weighted by Gasteiger charge is -2.30. The predicted molar refractivity (Wildman–Crippen MR) is 133 cm³/mol. The van der Waals surface area contributed by atoms with Gasteiger partial charge in [-0.25, -0.2) is 4.79 Å². The Kier molecular flexibility index (Phi) is 7.43. The lowest BCUT2D eigenvalue weighted by molar-refractivity contribution is -0.139. The van der Waals surface area contributed by atoms with Gasteiger partial charge < -0.3 is 20.5 Å². The average molecular weight is 479 g/mol. The number of hydrogen-bond acceptors (Lipinski definition) is 4. The van der Waals surface area contributed by atoms with E-state index in [1.54, 1.807) is 0 Å². The summed E-state index contributed by atoms with van der Waals surface area (Å²) in [4.78, 5) is 36.8. The van der Waals surface area contributed by atoms with E-state index in [0.717, 1.165) is 30.4 Å². The SMILES string of the molecule is CCC(C)(CNC(=O)OCC1c2ccccc2-c2ccccc21)C(=O)NC1CCCC1CC(=O)O. The van der Waals surface area contributed by atoms with Gasteiger partial charge in [-0.15, -0.1) is 0 Å². The first kappa shape index (κ1) is 24.8. The number of amides is 2. The highest BCUT2D eigenvalue weighted by molar-refractivity contribution is 5.83. The van der Waals surface area contributed by atoms with Crippen LogP contribution in [-0.4, -0.2) is 42.3 Å². The van der Waals surface area contributed by atoms with Crippen molar-refractivity contribution in [1.82, 2.24) is 10.6 Å². The van der Waals surface area contributed by atoms with Crippen molar-refractivity contribution in [2.45, 2.75) is 57.9 Å². The minimum atomic E-state index is -0.841. The van der Waals surface area contributed by atoms with Gasteiger partial charge in [-0.05, 0) is 54.4 Å². The van der Waals surface area contributed by atoms with Crippen LogP contribution in [0.25, 0.3) is 11.1 Å². The largest absolute Gasteiger partial charge is 0.481 e. The van der Waals surface area contributed by atoms with Crippen LogP contribution in [0, 0.1) is 11.3 Å². The van der Waals surface area contributed by atoms with Crippen LogP contribution in [0.3, 0.4) is 0 Å². The van der Waals surface area contributed by atoms with Crippen LogP contribution >= 0.6 is 0 Å². The number of carboxylic acid groups (broad SMARTS) is 1. The molecule has 0 aliphatic heterocycles. The molecule has 3 N–H and O–H groups in total. The van der Waals surface area contributed by atoms with E-state index in [2.05, 4.69) is 34.9 Å². The van der Waals surface area contributed by atoms with E-state index in [1.165, 1.54) is 11.1 Å². The highest BCUT2D eigenvalue weighted by Crippen LogP contribution is 2.44.